The first-order chi connectivity index (χ1) is 34.7. The molecule has 382 valence electrons. The molecule has 2 aromatic heterocycles. The van der Waals surface area contributed by atoms with E-state index in [9.17, 15) is 24.6 Å². The molecule has 2 saturated carbocycles. The van der Waals surface area contributed by atoms with Crippen LogP contribution in [0.2, 0.25) is 0 Å². The Hall–Kier alpha value is -6.31. The smallest absolute Gasteiger partial charge is 0.246 e. The number of carbonyl (C=O) groups excluding carboxylic acids is 3. The van der Waals surface area contributed by atoms with Gasteiger partial charge in [-0.2, -0.15) is 0 Å². The minimum absolute atomic E-state index is 0.0485. The van der Waals surface area contributed by atoms with Gasteiger partial charge in [0.05, 0.1) is 17.5 Å². The SMILES string of the molecule is CC#Cc1ccc(CNC(=O)[C@@H]2C[C@@H](O)CN2C(=O)[C@@H](NC(=O)C2CCC3(CC2)CC(N2CCC(c4cnc(N5CCN(c6cc(-c7ccccc7O)nnc6NCC)CC5)nc4)CC2)C3)C(C)(C)C)cc1. The Morgan fingerprint density at radius 3 is 2.21 bits per heavy atom. The zero-order valence-electron chi connectivity index (χ0n) is 42.7. The normalized spacial score (nSPS) is 24.2. The maximum atomic E-state index is 14.3. The van der Waals surface area contributed by atoms with Crippen LogP contribution in [0.4, 0.5) is 17.5 Å². The van der Waals surface area contributed by atoms with Crippen molar-refractivity contribution >= 4 is 35.2 Å². The highest BCUT2D eigenvalue weighted by Crippen LogP contribution is 2.55. The van der Waals surface area contributed by atoms with E-state index in [4.69, 9.17) is 9.97 Å². The number of piperidine rings is 1. The summed E-state index contributed by atoms with van der Waals surface area (Å²) in [6, 6.07) is 15.8. The van der Waals surface area contributed by atoms with Crippen LogP contribution in [0.1, 0.15) is 115 Å². The minimum atomic E-state index is -0.835. The molecular weight excluding hydrogens is 907 g/mol. The van der Waals surface area contributed by atoms with Crippen molar-refractivity contribution in [3.63, 3.8) is 0 Å². The standard InChI is InChI=1S/C56H73N11O5/c1-6-10-37-13-15-38(16-14-37)33-58-52(71)47-29-43(68)36-67(47)53(72)49(55(3,4)5)61-51(70)40-17-21-56(22-18-40)31-42(32-56)64-23-19-39(20-24-64)41-34-59-54(60-35-41)66-27-25-65(26-28-66)46-30-45(62-63-50(46)57-7-2)44-11-8-9-12-48(44)69/h8-9,11-16,30,34-35,39-40,42-43,47,49,68-69H,7,17-29,31-33,36H2,1-5H3,(H,57,63)(H,58,71)(H,61,70)/t40?,42?,43-,47+,49-,56?/m1/s1. The third-order valence-electron chi connectivity index (χ3n) is 16.1. The number of likely N-dealkylation sites (tertiary alicyclic amines) is 2. The zero-order valence-corrected chi connectivity index (χ0v) is 42.7. The first-order valence-corrected chi connectivity index (χ1v) is 26.2. The average Bonchev–Trinajstić information content (AvgIpc) is 3.78. The van der Waals surface area contributed by atoms with E-state index in [2.05, 4.69) is 52.7 Å². The Morgan fingerprint density at radius 2 is 1.56 bits per heavy atom. The van der Waals surface area contributed by atoms with E-state index >= 15 is 0 Å². The summed E-state index contributed by atoms with van der Waals surface area (Å²) in [6.07, 6.45) is 11.6. The molecule has 16 heteroatoms. The molecule has 1 spiro atoms. The molecule has 5 heterocycles. The van der Waals surface area contributed by atoms with Gasteiger partial charge in [0.1, 0.15) is 17.8 Å². The average molecular weight is 980 g/mol. The van der Waals surface area contributed by atoms with Crippen molar-refractivity contribution in [2.45, 2.75) is 129 Å². The molecule has 0 bridgehead atoms. The van der Waals surface area contributed by atoms with E-state index in [1.165, 1.54) is 23.3 Å². The summed E-state index contributed by atoms with van der Waals surface area (Å²) < 4.78 is 0. The summed E-state index contributed by atoms with van der Waals surface area (Å²) >= 11 is 0. The van der Waals surface area contributed by atoms with Gasteiger partial charge in [0, 0.05) is 87.7 Å². The lowest BCUT2D eigenvalue weighted by atomic mass is 9.56. The molecule has 16 nitrogen and oxygen atoms in total. The predicted molar refractivity (Wildman–Crippen MR) is 279 cm³/mol. The van der Waals surface area contributed by atoms with Crippen LogP contribution in [-0.4, -0.2) is 134 Å². The van der Waals surface area contributed by atoms with Gasteiger partial charge in [0.25, 0.3) is 0 Å². The second-order valence-electron chi connectivity index (χ2n) is 21.9. The van der Waals surface area contributed by atoms with E-state index in [1.54, 1.807) is 19.1 Å². The van der Waals surface area contributed by atoms with Gasteiger partial charge in [-0.15, -0.1) is 16.1 Å². The largest absolute Gasteiger partial charge is 0.507 e. The second kappa shape index (κ2) is 21.8. The Labute approximate surface area is 424 Å². The molecule has 2 aromatic carbocycles. The number of rotatable bonds is 13. The number of nitrogens with zero attached hydrogens (tertiary/aromatic N) is 8. The topological polar surface area (TPSA) is 192 Å². The highest BCUT2D eigenvalue weighted by Gasteiger charge is 2.50. The summed E-state index contributed by atoms with van der Waals surface area (Å²) in [5.41, 5.74) is 4.95. The molecule has 5 N–H and O–H groups in total. The molecule has 3 aliphatic heterocycles. The van der Waals surface area contributed by atoms with Crippen LogP contribution >= 0.6 is 0 Å². The van der Waals surface area contributed by atoms with Gasteiger partial charge >= 0.3 is 0 Å². The number of hydrogen-bond donors (Lipinski definition) is 5. The summed E-state index contributed by atoms with van der Waals surface area (Å²) in [4.78, 5) is 60.2. The number of β-amino-alcohol motifs (C(OH)–C–C–N with tert-alkyl or cyclic N) is 1. The van der Waals surface area contributed by atoms with E-state index in [1.807, 2.05) is 82.6 Å². The molecule has 5 aliphatic rings. The number of aliphatic hydroxyl groups is 1. The van der Waals surface area contributed by atoms with Crippen molar-refractivity contribution in [3.8, 4) is 28.8 Å². The summed E-state index contributed by atoms with van der Waals surface area (Å²) in [6.45, 7) is 15.9. The number of para-hydroxylation sites is 1. The first-order valence-electron chi connectivity index (χ1n) is 26.2. The number of benzene rings is 2. The van der Waals surface area contributed by atoms with Crippen molar-refractivity contribution < 1.29 is 24.6 Å². The first kappa shape index (κ1) is 50.6. The number of phenolic OH excluding ortho intramolecular Hbond substituents is 1. The van der Waals surface area contributed by atoms with Crippen LogP contribution in [0.15, 0.2) is 67.0 Å². The van der Waals surface area contributed by atoms with Crippen LogP contribution in [-0.2, 0) is 20.9 Å². The predicted octanol–water partition coefficient (Wildman–Crippen LogP) is 6.10. The lowest BCUT2D eigenvalue weighted by Crippen LogP contribution is -2.59. The Kier molecular flexibility index (Phi) is 15.3. The van der Waals surface area contributed by atoms with Crippen molar-refractivity contribution in [1.82, 2.24) is 40.6 Å². The molecule has 4 aromatic rings. The van der Waals surface area contributed by atoms with Crippen molar-refractivity contribution in [3.05, 3.63) is 83.7 Å². The van der Waals surface area contributed by atoms with Gasteiger partial charge in [0.2, 0.25) is 23.7 Å². The van der Waals surface area contributed by atoms with Gasteiger partial charge in [-0.3, -0.25) is 14.4 Å². The summed E-state index contributed by atoms with van der Waals surface area (Å²) in [7, 11) is 0. The number of hydrogen-bond acceptors (Lipinski definition) is 13. The van der Waals surface area contributed by atoms with Crippen LogP contribution in [0, 0.1) is 28.6 Å². The number of nitrogens with one attached hydrogen (secondary N) is 3. The molecule has 5 fully saturated rings. The van der Waals surface area contributed by atoms with E-state index in [-0.39, 0.29) is 47.8 Å². The summed E-state index contributed by atoms with van der Waals surface area (Å²) in [5, 5.41) is 39.5. The number of anilines is 3. The third-order valence-corrected chi connectivity index (χ3v) is 16.1. The van der Waals surface area contributed by atoms with E-state index in [0.717, 1.165) is 113 Å². The van der Waals surface area contributed by atoms with Crippen molar-refractivity contribution in [2.24, 2.45) is 16.7 Å². The fourth-order valence-corrected chi connectivity index (χ4v) is 11.8. The van der Waals surface area contributed by atoms with Crippen LogP contribution in [0.5, 0.6) is 5.75 Å². The molecule has 0 radical (unpaired) electrons. The zero-order chi connectivity index (χ0) is 50.6. The monoisotopic (exact) mass is 980 g/mol. The van der Waals surface area contributed by atoms with E-state index < -0.39 is 23.6 Å². The van der Waals surface area contributed by atoms with E-state index in [0.29, 0.717) is 29.8 Å². The molecule has 3 atom stereocenters. The van der Waals surface area contributed by atoms with Gasteiger partial charge in [-0.1, -0.05) is 51.0 Å². The number of phenols is 1. The van der Waals surface area contributed by atoms with Crippen LogP contribution < -0.4 is 25.8 Å². The Morgan fingerprint density at radius 1 is 0.875 bits per heavy atom. The number of aromatic nitrogens is 4. The molecular formula is C56H73N11O5. The van der Waals surface area contributed by atoms with Crippen LogP contribution in [0.3, 0.4) is 0 Å². The quantitative estimate of drug-likeness (QED) is 0.0968. The molecule has 0 unspecified atom stereocenters. The highest BCUT2D eigenvalue weighted by molar-refractivity contribution is 5.93. The Balaban J connectivity index is 0.712. The number of aromatic hydroxyl groups is 1. The summed E-state index contributed by atoms with van der Waals surface area (Å²) in [5.74, 6) is 7.11. The molecule has 3 amide bonds. The fourth-order valence-electron chi connectivity index (χ4n) is 11.8. The molecule has 9 rings (SSSR count). The minimum Gasteiger partial charge on any atom is -0.507 e. The molecule has 72 heavy (non-hydrogen) atoms. The number of piperazine rings is 1. The van der Waals surface area contributed by atoms with Gasteiger partial charge in [-0.05, 0) is 137 Å². The van der Waals surface area contributed by atoms with Crippen molar-refractivity contribution in [2.75, 3.05) is 67.5 Å². The van der Waals surface area contributed by atoms with Gasteiger partial charge in [0.15, 0.2) is 5.82 Å². The third kappa shape index (κ3) is 11.3. The maximum absolute atomic E-state index is 14.3. The fraction of sp³-hybridized carbons (Fsp3) is 0.554. The highest BCUT2D eigenvalue weighted by atomic mass is 16.3. The Bertz CT molecular complexity index is 2600. The van der Waals surface area contributed by atoms with Gasteiger partial charge in [-0.25, -0.2) is 9.97 Å². The molecule has 2 aliphatic carbocycles. The second-order valence-corrected chi connectivity index (χ2v) is 21.9. The number of aliphatic hydroxyl groups excluding tert-OH is 1. The number of amides is 3. The van der Waals surface area contributed by atoms with Crippen LogP contribution in [0.25, 0.3) is 11.3 Å². The lowest BCUT2D eigenvalue weighted by molar-refractivity contribution is -0.145. The van der Waals surface area contributed by atoms with Gasteiger partial charge < -0.3 is 45.8 Å². The number of carbonyl (C=O) groups is 3. The van der Waals surface area contributed by atoms with Crippen molar-refractivity contribution in [1.29, 1.82) is 0 Å². The maximum Gasteiger partial charge on any atom is 0.246 e. The molecule has 3 saturated heterocycles. The lowest BCUT2D eigenvalue weighted by Gasteiger charge is -2.55.